The first kappa shape index (κ1) is 15.8. The highest BCUT2D eigenvalue weighted by molar-refractivity contribution is 5.72. The van der Waals surface area contributed by atoms with Crippen molar-refractivity contribution < 1.29 is 4.79 Å². The highest BCUT2D eigenvalue weighted by atomic mass is 16.2. The second-order valence-corrected chi connectivity index (χ2v) is 6.93. The van der Waals surface area contributed by atoms with E-state index < -0.39 is 0 Å². The molecule has 3 heterocycles. The molecule has 0 aromatic carbocycles. The third-order valence-corrected chi connectivity index (χ3v) is 5.21. The summed E-state index contributed by atoms with van der Waals surface area (Å²) >= 11 is 0. The summed E-state index contributed by atoms with van der Waals surface area (Å²) in [5.74, 6) is 1.05. The SMILES string of the molecule is CC(=O)N(C)C[C@@H]1CC[C@@H](c2nc(-c3cn[nH]c3)cn3nccc23)C1. The number of carbonyl (C=O) groups is 1. The third-order valence-electron chi connectivity index (χ3n) is 5.21. The summed E-state index contributed by atoms with van der Waals surface area (Å²) in [6, 6.07) is 2.02. The second kappa shape index (κ2) is 6.31. The van der Waals surface area contributed by atoms with Crippen molar-refractivity contribution >= 4 is 11.4 Å². The van der Waals surface area contributed by atoms with E-state index in [0.717, 1.165) is 48.3 Å². The van der Waals surface area contributed by atoms with Gasteiger partial charge in [0.2, 0.25) is 5.91 Å². The molecule has 0 bridgehead atoms. The zero-order chi connectivity index (χ0) is 17.4. The van der Waals surface area contributed by atoms with Gasteiger partial charge in [-0.25, -0.2) is 9.50 Å². The molecule has 3 aromatic rings. The van der Waals surface area contributed by atoms with Crippen molar-refractivity contribution in [2.75, 3.05) is 13.6 Å². The van der Waals surface area contributed by atoms with Crippen LogP contribution in [0.25, 0.3) is 16.8 Å². The first-order valence-corrected chi connectivity index (χ1v) is 8.67. The van der Waals surface area contributed by atoms with Crippen LogP contribution < -0.4 is 0 Å². The van der Waals surface area contributed by atoms with Gasteiger partial charge in [-0.15, -0.1) is 0 Å². The fourth-order valence-corrected chi connectivity index (χ4v) is 3.79. The van der Waals surface area contributed by atoms with Crippen molar-refractivity contribution in [3.8, 4) is 11.3 Å². The Bertz CT molecular complexity index is 884. The van der Waals surface area contributed by atoms with Crippen LogP contribution in [0.3, 0.4) is 0 Å². The molecule has 1 saturated carbocycles. The summed E-state index contributed by atoms with van der Waals surface area (Å²) in [7, 11) is 1.88. The van der Waals surface area contributed by atoms with Gasteiger partial charge in [0.25, 0.3) is 0 Å². The molecule has 130 valence electrons. The molecule has 4 rings (SSSR count). The lowest BCUT2D eigenvalue weighted by molar-refractivity contribution is -0.128. The quantitative estimate of drug-likeness (QED) is 0.792. The molecule has 0 radical (unpaired) electrons. The largest absolute Gasteiger partial charge is 0.346 e. The summed E-state index contributed by atoms with van der Waals surface area (Å²) in [6.45, 7) is 2.45. The minimum Gasteiger partial charge on any atom is -0.346 e. The normalized spacial score (nSPS) is 20.2. The standard InChI is InChI=1S/C18H22N6O/c1-12(25)23(2)10-13-3-4-14(7-13)18-17-5-6-21-24(17)11-16(22-18)15-8-19-20-9-15/h5-6,8-9,11,13-14H,3-4,7,10H2,1-2H3,(H,19,20)/t13-,14-/m1/s1. The van der Waals surface area contributed by atoms with Gasteiger partial charge in [0.05, 0.1) is 35.5 Å². The van der Waals surface area contributed by atoms with Crippen LogP contribution in [-0.2, 0) is 4.79 Å². The fraction of sp³-hybridized carbons (Fsp3) is 0.444. The Morgan fingerprint density at radius 1 is 1.44 bits per heavy atom. The lowest BCUT2D eigenvalue weighted by Gasteiger charge is -2.20. The number of fused-ring (bicyclic) bond motifs is 1. The van der Waals surface area contributed by atoms with Crippen molar-refractivity contribution in [1.29, 1.82) is 0 Å². The zero-order valence-electron chi connectivity index (χ0n) is 14.5. The van der Waals surface area contributed by atoms with Crippen LogP contribution in [0.4, 0.5) is 0 Å². The molecular weight excluding hydrogens is 316 g/mol. The summed E-state index contributed by atoms with van der Waals surface area (Å²) in [5.41, 5.74) is 4.01. The predicted octanol–water partition coefficient (Wildman–Crippen LogP) is 2.48. The Hall–Kier alpha value is -2.70. The highest BCUT2D eigenvalue weighted by Crippen LogP contribution is 2.39. The van der Waals surface area contributed by atoms with Crippen LogP contribution in [-0.4, -0.2) is 49.2 Å². The molecule has 0 saturated heterocycles. The monoisotopic (exact) mass is 338 g/mol. The highest BCUT2D eigenvalue weighted by Gasteiger charge is 2.30. The maximum absolute atomic E-state index is 11.5. The maximum atomic E-state index is 11.5. The molecule has 2 atom stereocenters. The first-order valence-electron chi connectivity index (χ1n) is 8.67. The third kappa shape index (κ3) is 3.01. The van der Waals surface area contributed by atoms with Gasteiger partial charge in [-0.2, -0.15) is 10.2 Å². The first-order chi connectivity index (χ1) is 12.1. The number of aromatic amines is 1. The van der Waals surface area contributed by atoms with E-state index in [1.807, 2.05) is 41.1 Å². The summed E-state index contributed by atoms with van der Waals surface area (Å²) in [4.78, 5) is 18.3. The van der Waals surface area contributed by atoms with Gasteiger partial charge in [-0.05, 0) is 31.2 Å². The van der Waals surface area contributed by atoms with E-state index in [-0.39, 0.29) is 5.91 Å². The van der Waals surface area contributed by atoms with Gasteiger partial charge < -0.3 is 4.90 Å². The van der Waals surface area contributed by atoms with Gasteiger partial charge in [-0.3, -0.25) is 9.89 Å². The van der Waals surface area contributed by atoms with Crippen LogP contribution in [0.2, 0.25) is 0 Å². The van der Waals surface area contributed by atoms with E-state index in [4.69, 9.17) is 4.98 Å². The van der Waals surface area contributed by atoms with Crippen LogP contribution in [0, 0.1) is 5.92 Å². The van der Waals surface area contributed by atoms with Crippen molar-refractivity contribution in [2.24, 2.45) is 5.92 Å². The van der Waals surface area contributed by atoms with E-state index in [2.05, 4.69) is 15.3 Å². The van der Waals surface area contributed by atoms with E-state index >= 15 is 0 Å². The maximum Gasteiger partial charge on any atom is 0.219 e. The van der Waals surface area contributed by atoms with Gasteiger partial charge in [0, 0.05) is 38.2 Å². The second-order valence-electron chi connectivity index (χ2n) is 6.93. The number of carbonyl (C=O) groups excluding carboxylic acids is 1. The molecule has 0 unspecified atom stereocenters. The van der Waals surface area contributed by atoms with Crippen molar-refractivity contribution in [3.05, 3.63) is 36.5 Å². The zero-order valence-corrected chi connectivity index (χ0v) is 14.5. The topological polar surface area (TPSA) is 79.2 Å². The Balaban J connectivity index is 1.63. The molecule has 1 aliphatic carbocycles. The Morgan fingerprint density at radius 2 is 2.32 bits per heavy atom. The van der Waals surface area contributed by atoms with E-state index in [9.17, 15) is 4.79 Å². The van der Waals surface area contributed by atoms with Gasteiger partial charge in [0.15, 0.2) is 0 Å². The van der Waals surface area contributed by atoms with E-state index in [1.165, 1.54) is 0 Å². The predicted molar refractivity (Wildman–Crippen MR) is 94.0 cm³/mol. The average Bonchev–Trinajstić information content (AvgIpc) is 3.34. The summed E-state index contributed by atoms with van der Waals surface area (Å²) in [6.07, 6.45) is 10.7. The van der Waals surface area contributed by atoms with Crippen LogP contribution >= 0.6 is 0 Å². The molecule has 7 nitrogen and oxygen atoms in total. The molecule has 1 fully saturated rings. The van der Waals surface area contributed by atoms with Crippen LogP contribution in [0.5, 0.6) is 0 Å². The number of hydrogen-bond acceptors (Lipinski definition) is 4. The van der Waals surface area contributed by atoms with E-state index in [0.29, 0.717) is 11.8 Å². The Kier molecular flexibility index (Phi) is 3.99. The number of H-pyrrole nitrogens is 1. The molecule has 0 spiro atoms. The summed E-state index contributed by atoms with van der Waals surface area (Å²) < 4.78 is 1.90. The number of nitrogens with zero attached hydrogens (tertiary/aromatic N) is 5. The lowest BCUT2D eigenvalue weighted by Crippen LogP contribution is -2.28. The van der Waals surface area contributed by atoms with Crippen LogP contribution in [0.1, 0.15) is 37.8 Å². The molecule has 25 heavy (non-hydrogen) atoms. The molecular formula is C18H22N6O. The number of amides is 1. The molecule has 1 aliphatic rings. The number of rotatable bonds is 4. The van der Waals surface area contributed by atoms with Gasteiger partial charge >= 0.3 is 0 Å². The van der Waals surface area contributed by atoms with Crippen LogP contribution in [0.15, 0.2) is 30.9 Å². The smallest absolute Gasteiger partial charge is 0.219 e. The van der Waals surface area contributed by atoms with Crippen molar-refractivity contribution in [3.63, 3.8) is 0 Å². The number of hydrogen-bond donors (Lipinski definition) is 1. The van der Waals surface area contributed by atoms with Gasteiger partial charge in [0.1, 0.15) is 0 Å². The average molecular weight is 338 g/mol. The lowest BCUT2D eigenvalue weighted by atomic mass is 10.00. The Labute approximate surface area is 146 Å². The minimum atomic E-state index is 0.127. The van der Waals surface area contributed by atoms with E-state index in [1.54, 1.807) is 13.1 Å². The molecule has 1 amide bonds. The fourth-order valence-electron chi connectivity index (χ4n) is 3.79. The molecule has 1 N–H and O–H groups in total. The van der Waals surface area contributed by atoms with Gasteiger partial charge in [-0.1, -0.05) is 0 Å². The molecule has 7 heteroatoms. The Morgan fingerprint density at radius 3 is 3.08 bits per heavy atom. The molecule has 3 aromatic heterocycles. The summed E-state index contributed by atoms with van der Waals surface area (Å²) in [5, 5.41) is 11.3. The van der Waals surface area contributed by atoms with Crippen molar-refractivity contribution in [2.45, 2.75) is 32.1 Å². The van der Waals surface area contributed by atoms with Crippen molar-refractivity contribution in [1.82, 2.24) is 29.7 Å². The minimum absolute atomic E-state index is 0.127. The number of nitrogens with one attached hydrogen (secondary N) is 1. The molecule has 0 aliphatic heterocycles. The number of aromatic nitrogens is 5.